The van der Waals surface area contributed by atoms with Crippen molar-refractivity contribution in [3.8, 4) is 22.6 Å². The number of aryl methyl sites for hydroxylation is 1. The number of anilines is 2. The Bertz CT molecular complexity index is 3000. The zero-order valence-electron chi connectivity index (χ0n) is 41.5. The van der Waals surface area contributed by atoms with E-state index in [9.17, 15) is 19.2 Å². The molecule has 1 saturated carbocycles. The third-order valence-corrected chi connectivity index (χ3v) is 17.7. The lowest BCUT2D eigenvalue weighted by molar-refractivity contribution is -0.145. The number of urea groups is 1. The number of imide groups is 1. The summed E-state index contributed by atoms with van der Waals surface area (Å²) in [6.45, 7) is 8.21. The molecule has 5 aromatic rings. The number of piperidine rings is 2. The molecule has 384 valence electrons. The van der Waals surface area contributed by atoms with Gasteiger partial charge in [-0.25, -0.2) is 13.6 Å². The van der Waals surface area contributed by atoms with Gasteiger partial charge >= 0.3 is 6.03 Å². The predicted molar refractivity (Wildman–Crippen MR) is 274 cm³/mol. The van der Waals surface area contributed by atoms with Gasteiger partial charge < -0.3 is 30.3 Å². The van der Waals surface area contributed by atoms with Crippen LogP contribution >= 0.6 is 11.6 Å². The number of carbonyl (C=O) groups is 4. The first-order valence-electron chi connectivity index (χ1n) is 25.7. The van der Waals surface area contributed by atoms with E-state index in [1.165, 1.54) is 25.3 Å². The van der Waals surface area contributed by atoms with Gasteiger partial charge in [-0.3, -0.25) is 34.2 Å². The van der Waals surface area contributed by atoms with E-state index < -0.39 is 35.1 Å². The molecular weight excluding hydrogens is 956 g/mol. The summed E-state index contributed by atoms with van der Waals surface area (Å²) in [4.78, 5) is 59.6. The van der Waals surface area contributed by atoms with Crippen LogP contribution in [0.2, 0.25) is 5.02 Å². The summed E-state index contributed by atoms with van der Waals surface area (Å²) in [7, 11) is 3.19. The van der Waals surface area contributed by atoms with Gasteiger partial charge in [-0.05, 0) is 106 Å². The molecule has 6 aliphatic rings. The molecule has 6 heterocycles. The number of benzene rings is 4. The van der Waals surface area contributed by atoms with Gasteiger partial charge in [0.15, 0.2) is 23.0 Å². The normalized spacial score (nSPS) is 24.4. The number of hydrogen-bond donors (Lipinski definition) is 3. The van der Waals surface area contributed by atoms with Crippen LogP contribution in [0, 0.1) is 23.0 Å². The Morgan fingerprint density at radius 2 is 1.64 bits per heavy atom. The van der Waals surface area contributed by atoms with Gasteiger partial charge in [0.25, 0.3) is 0 Å². The molecule has 0 bridgehead atoms. The van der Waals surface area contributed by atoms with E-state index in [4.69, 9.17) is 26.8 Å². The van der Waals surface area contributed by atoms with Gasteiger partial charge in [-0.2, -0.15) is 5.10 Å². The van der Waals surface area contributed by atoms with E-state index in [2.05, 4.69) is 42.6 Å². The maximum Gasteiger partial charge on any atom is 0.329 e. The number of primary amides is 1. The molecule has 5 fully saturated rings. The number of nitrogens with zero attached hydrogens (tertiary/aromatic N) is 6. The summed E-state index contributed by atoms with van der Waals surface area (Å²) < 4.78 is 45.9. The molecule has 4 saturated heterocycles. The summed E-state index contributed by atoms with van der Waals surface area (Å²) in [5.41, 5.74) is 8.01. The summed E-state index contributed by atoms with van der Waals surface area (Å²) in [5.74, 6) is -2.54. The Balaban J connectivity index is 0.675. The highest BCUT2D eigenvalue weighted by Gasteiger charge is 2.51. The zero-order valence-corrected chi connectivity index (χ0v) is 42.3. The summed E-state index contributed by atoms with van der Waals surface area (Å²) in [6, 6.07) is 19.9. The van der Waals surface area contributed by atoms with E-state index in [-0.39, 0.29) is 63.4 Å². The van der Waals surface area contributed by atoms with Crippen LogP contribution in [-0.2, 0) is 22.2 Å². The number of nitrogens with two attached hydrogens (primary N) is 1. The van der Waals surface area contributed by atoms with E-state index in [1.54, 1.807) is 4.90 Å². The number of amides is 5. The minimum Gasteiger partial charge on any atom is -0.494 e. The number of likely N-dealkylation sites (tertiary alicyclic amines) is 2. The molecule has 1 aliphatic carbocycles. The van der Waals surface area contributed by atoms with Crippen LogP contribution in [0.25, 0.3) is 22.0 Å². The third kappa shape index (κ3) is 8.64. The number of rotatable bonds is 11. The number of methoxy groups -OCH3 is 1. The van der Waals surface area contributed by atoms with Crippen LogP contribution in [0.5, 0.6) is 11.5 Å². The minimum absolute atomic E-state index is 0.00226. The number of hydrogen-bond acceptors (Lipinski definition) is 10. The van der Waals surface area contributed by atoms with Gasteiger partial charge in [0.1, 0.15) is 11.6 Å². The molecule has 4 aromatic carbocycles. The molecule has 4 N–H and O–H groups in total. The fourth-order valence-electron chi connectivity index (χ4n) is 12.8. The molecule has 18 heteroatoms. The SMILES string of the molecule is COc1ccc(C(N)=O)c(-c2c(Cl)c(F)cc3c2C(C)C(CNC2CCC(C(=O)N4CC(N5CCC6(CCN(c7ccc8c(N9CCC(=O)NC9=O)nn(C)c8c7)CC6)CC5)C4)CC2)(c2ccccc2)O3)c1F. The Morgan fingerprint density at radius 1 is 0.932 bits per heavy atom. The van der Waals surface area contributed by atoms with Crippen LogP contribution in [0.4, 0.5) is 25.1 Å². The fraction of sp³-hybridized carbons (Fsp3) is 0.473. The average Bonchev–Trinajstić information content (AvgIpc) is 3.86. The Kier molecular flexibility index (Phi) is 12.9. The van der Waals surface area contributed by atoms with Gasteiger partial charge in [-0.1, -0.05) is 48.9 Å². The first-order valence-corrected chi connectivity index (χ1v) is 26.1. The predicted octanol–water partition coefficient (Wildman–Crippen LogP) is 7.86. The lowest BCUT2D eigenvalue weighted by atomic mass is 9.71. The van der Waals surface area contributed by atoms with Crippen LogP contribution in [-0.4, -0.2) is 115 Å². The van der Waals surface area contributed by atoms with Crippen molar-refractivity contribution in [2.45, 2.75) is 88.3 Å². The van der Waals surface area contributed by atoms with Crippen LogP contribution in [0.3, 0.4) is 0 Å². The average molecular weight is 1020 g/mol. The van der Waals surface area contributed by atoms with Crippen LogP contribution < -0.4 is 35.6 Å². The molecule has 5 aliphatic heterocycles. The van der Waals surface area contributed by atoms with Gasteiger partial charge in [0.2, 0.25) is 17.7 Å². The van der Waals surface area contributed by atoms with Crippen molar-refractivity contribution >= 4 is 57.8 Å². The largest absolute Gasteiger partial charge is 0.494 e. The second-order valence-corrected chi connectivity index (χ2v) is 21.5. The van der Waals surface area contributed by atoms with Crippen LogP contribution in [0.1, 0.15) is 92.1 Å². The fourth-order valence-corrected chi connectivity index (χ4v) is 13.1. The topological polar surface area (TPSA) is 168 Å². The van der Waals surface area contributed by atoms with E-state index >= 15 is 8.78 Å². The Labute approximate surface area is 428 Å². The number of aromatic nitrogens is 2. The molecule has 15 nitrogen and oxygen atoms in total. The first-order chi connectivity index (χ1) is 35.2. The van der Waals surface area contributed by atoms with Crippen molar-refractivity contribution in [2.24, 2.45) is 24.1 Å². The van der Waals surface area contributed by atoms with Gasteiger partial charge in [0, 0.05) is 110 Å². The number of fused-ring (bicyclic) bond motifs is 2. The number of nitrogens with one attached hydrogen (secondary N) is 2. The molecule has 73 heavy (non-hydrogen) atoms. The maximum absolute atomic E-state index is 16.2. The maximum atomic E-state index is 16.2. The second-order valence-electron chi connectivity index (χ2n) is 21.2. The number of halogens is 3. The third-order valence-electron chi connectivity index (χ3n) is 17.3. The van der Waals surface area contributed by atoms with Crippen molar-refractivity contribution in [3.05, 3.63) is 100 Å². The van der Waals surface area contributed by atoms with Crippen molar-refractivity contribution in [1.82, 2.24) is 30.2 Å². The van der Waals surface area contributed by atoms with Crippen molar-refractivity contribution in [1.29, 1.82) is 0 Å². The molecular formula is C55H62ClF2N9O6. The molecule has 2 atom stereocenters. The van der Waals surface area contributed by atoms with E-state index in [1.807, 2.05) is 55.1 Å². The lowest BCUT2D eigenvalue weighted by Gasteiger charge is -2.52. The van der Waals surface area contributed by atoms with Crippen molar-refractivity contribution < 1.29 is 37.4 Å². The monoisotopic (exact) mass is 1020 g/mol. The van der Waals surface area contributed by atoms with E-state index in [0.717, 1.165) is 113 Å². The molecule has 2 unspecified atom stereocenters. The van der Waals surface area contributed by atoms with Gasteiger partial charge in [-0.15, -0.1) is 0 Å². The van der Waals surface area contributed by atoms with Crippen molar-refractivity contribution in [2.75, 3.05) is 69.3 Å². The van der Waals surface area contributed by atoms with Gasteiger partial charge in [0.05, 0.1) is 23.2 Å². The lowest BCUT2D eigenvalue weighted by Crippen LogP contribution is -2.64. The smallest absolute Gasteiger partial charge is 0.329 e. The Hall–Kier alpha value is -6.30. The standard InChI is InChI=1S/C55H62ClF2N9O6/c1-32-45-43(28-40(57)48(56)47(45)46-39(50(59)69)15-16-42(72-3)49(46)58)73-55(32,34-7-5-4-6-8-34)31-60-35-11-9-33(10-12-35)52(70)66-29-37(30-66)65-25-20-54(21-26-65)18-23-64(24-19-54)36-13-14-38-41(27-36)63(2)62-51(38)67-22-17-44(68)61-53(67)71/h4-8,13-16,27-28,32-33,35,37,60H,9-12,17-26,29-31H2,1-3H3,(H2,59,69)(H,61,68,71). The molecule has 0 radical (unpaired) electrons. The summed E-state index contributed by atoms with van der Waals surface area (Å²) in [5, 5.41) is 11.4. The highest BCUT2D eigenvalue weighted by molar-refractivity contribution is 6.34. The summed E-state index contributed by atoms with van der Waals surface area (Å²) in [6.07, 6.45) is 7.99. The molecule has 5 amide bonds. The summed E-state index contributed by atoms with van der Waals surface area (Å²) >= 11 is 6.71. The Morgan fingerprint density at radius 3 is 2.33 bits per heavy atom. The van der Waals surface area contributed by atoms with Crippen LogP contribution in [0.15, 0.2) is 66.7 Å². The second kappa shape index (κ2) is 19.2. The molecule has 1 spiro atoms. The quantitative estimate of drug-likeness (QED) is 0.119. The zero-order chi connectivity index (χ0) is 50.9. The first kappa shape index (κ1) is 48.9. The highest BCUT2D eigenvalue weighted by atomic mass is 35.5. The number of ether oxygens (including phenoxy) is 2. The van der Waals surface area contributed by atoms with E-state index in [0.29, 0.717) is 35.9 Å². The molecule has 11 rings (SSSR count). The minimum atomic E-state index is -1.06. The number of carbonyl (C=O) groups excluding carboxylic acids is 4. The molecule has 1 aromatic heterocycles. The highest BCUT2D eigenvalue weighted by Crippen LogP contribution is 2.57. The van der Waals surface area contributed by atoms with Crippen molar-refractivity contribution in [3.63, 3.8) is 0 Å².